The van der Waals surface area contributed by atoms with Crippen LogP contribution in [0.15, 0.2) is 23.8 Å². The largest absolute Gasteiger partial charge is 0.365 e. The fourth-order valence-corrected chi connectivity index (χ4v) is 7.26. The second-order valence-corrected chi connectivity index (χ2v) is 11.7. The summed E-state index contributed by atoms with van der Waals surface area (Å²) in [5, 5.41) is 20.1. The summed E-state index contributed by atoms with van der Waals surface area (Å²) in [7, 11) is 0. The van der Waals surface area contributed by atoms with E-state index < -0.39 is 17.6 Å². The second-order valence-electron chi connectivity index (χ2n) is 11.7. The van der Waals surface area contributed by atoms with E-state index in [1.165, 1.54) is 0 Å². The van der Waals surface area contributed by atoms with Crippen molar-refractivity contribution in [2.24, 2.45) is 35.0 Å². The first kappa shape index (κ1) is 24.9. The van der Waals surface area contributed by atoms with Gasteiger partial charge in [0.1, 0.15) is 0 Å². The van der Waals surface area contributed by atoms with Gasteiger partial charge in [-0.25, -0.2) is 8.78 Å². The molecule has 0 saturated heterocycles. The van der Waals surface area contributed by atoms with Crippen LogP contribution in [0.3, 0.4) is 0 Å². The maximum Gasteiger partial charge on any atom is 0.252 e. The van der Waals surface area contributed by atoms with E-state index in [-0.39, 0.29) is 36.0 Å². The molecule has 0 radical (unpaired) electrons. The SMILES string of the molecule is C=C1CCC(O)(O)C/C1=C/CC1CCC[C@]2(C)[C@H]1CC(F)(F)[C@@H]2[C@H](C)CCCC(C)C. The number of hydrogen-bond acceptors (Lipinski definition) is 2. The van der Waals surface area contributed by atoms with Gasteiger partial charge >= 0.3 is 0 Å². The van der Waals surface area contributed by atoms with Crippen molar-refractivity contribution in [1.82, 2.24) is 0 Å². The van der Waals surface area contributed by atoms with Crippen LogP contribution in [0, 0.1) is 35.0 Å². The van der Waals surface area contributed by atoms with E-state index in [9.17, 15) is 10.2 Å². The van der Waals surface area contributed by atoms with Crippen molar-refractivity contribution in [3.05, 3.63) is 23.8 Å². The van der Waals surface area contributed by atoms with Gasteiger partial charge in [-0.3, -0.25) is 0 Å². The summed E-state index contributed by atoms with van der Waals surface area (Å²) >= 11 is 0. The quantitative estimate of drug-likeness (QED) is 0.411. The topological polar surface area (TPSA) is 40.5 Å². The molecule has 3 fully saturated rings. The van der Waals surface area contributed by atoms with Crippen molar-refractivity contribution in [1.29, 1.82) is 0 Å². The van der Waals surface area contributed by atoms with Crippen LogP contribution < -0.4 is 0 Å². The summed E-state index contributed by atoms with van der Waals surface area (Å²) in [5.74, 6) is -3.83. The molecule has 178 valence electrons. The number of halogens is 2. The molecule has 2 nitrogen and oxygen atoms in total. The zero-order valence-corrected chi connectivity index (χ0v) is 20.1. The van der Waals surface area contributed by atoms with Gasteiger partial charge in [0.05, 0.1) is 0 Å². The minimum absolute atomic E-state index is 0.0153. The van der Waals surface area contributed by atoms with Gasteiger partial charge in [0, 0.05) is 25.2 Å². The van der Waals surface area contributed by atoms with Crippen molar-refractivity contribution in [2.45, 2.75) is 110 Å². The molecular weight excluding hydrogens is 394 g/mol. The van der Waals surface area contributed by atoms with E-state index in [1.807, 2.05) is 0 Å². The molecule has 3 aliphatic carbocycles. The summed E-state index contributed by atoms with van der Waals surface area (Å²) in [6, 6.07) is 0. The lowest BCUT2D eigenvalue weighted by molar-refractivity contribution is -0.167. The number of alkyl halides is 2. The van der Waals surface area contributed by atoms with Gasteiger partial charge in [0.2, 0.25) is 0 Å². The second kappa shape index (κ2) is 9.25. The number of fused-ring (bicyclic) bond motifs is 1. The smallest absolute Gasteiger partial charge is 0.252 e. The molecule has 1 unspecified atom stereocenters. The van der Waals surface area contributed by atoms with Crippen LogP contribution in [0.1, 0.15) is 98.3 Å². The Bertz CT molecular complexity index is 681. The molecule has 0 aromatic carbocycles. The summed E-state index contributed by atoms with van der Waals surface area (Å²) in [4.78, 5) is 0. The number of allylic oxidation sites excluding steroid dienone is 2. The molecule has 3 rings (SSSR count). The number of aliphatic hydroxyl groups is 2. The molecular formula is C27H44F2O2. The Morgan fingerprint density at radius 3 is 2.55 bits per heavy atom. The fourth-order valence-electron chi connectivity index (χ4n) is 7.26. The van der Waals surface area contributed by atoms with Gasteiger partial charge < -0.3 is 10.2 Å². The van der Waals surface area contributed by atoms with Crippen LogP contribution >= 0.6 is 0 Å². The highest BCUT2D eigenvalue weighted by molar-refractivity contribution is 5.32. The first-order valence-electron chi connectivity index (χ1n) is 12.6. The third kappa shape index (κ3) is 5.43. The van der Waals surface area contributed by atoms with E-state index in [0.29, 0.717) is 18.8 Å². The Morgan fingerprint density at radius 2 is 1.87 bits per heavy atom. The van der Waals surface area contributed by atoms with Crippen molar-refractivity contribution in [3.8, 4) is 0 Å². The molecule has 5 atom stereocenters. The molecule has 4 heteroatoms. The average Bonchev–Trinajstić information content (AvgIpc) is 2.87. The normalized spacial score (nSPS) is 37.3. The minimum Gasteiger partial charge on any atom is -0.365 e. The van der Waals surface area contributed by atoms with Gasteiger partial charge in [0.15, 0.2) is 5.79 Å². The van der Waals surface area contributed by atoms with Crippen LogP contribution in [0.5, 0.6) is 0 Å². The highest BCUT2D eigenvalue weighted by Crippen LogP contribution is 2.65. The van der Waals surface area contributed by atoms with Crippen LogP contribution in [-0.4, -0.2) is 21.9 Å². The number of rotatable bonds is 7. The van der Waals surface area contributed by atoms with E-state index in [0.717, 1.165) is 56.1 Å². The molecule has 0 bridgehead atoms. The van der Waals surface area contributed by atoms with Gasteiger partial charge in [-0.1, -0.05) is 71.6 Å². The zero-order chi connectivity index (χ0) is 23.0. The molecule has 3 aliphatic rings. The van der Waals surface area contributed by atoms with Gasteiger partial charge in [0.25, 0.3) is 5.92 Å². The lowest BCUT2D eigenvalue weighted by Gasteiger charge is -2.46. The van der Waals surface area contributed by atoms with Crippen molar-refractivity contribution in [2.75, 3.05) is 0 Å². The predicted molar refractivity (Wildman–Crippen MR) is 123 cm³/mol. The molecule has 31 heavy (non-hydrogen) atoms. The fraction of sp³-hybridized carbons (Fsp3) is 0.852. The van der Waals surface area contributed by atoms with Crippen LogP contribution in [-0.2, 0) is 0 Å². The van der Waals surface area contributed by atoms with E-state index in [4.69, 9.17) is 0 Å². The maximum absolute atomic E-state index is 15.4. The maximum atomic E-state index is 15.4. The molecule has 2 N–H and O–H groups in total. The van der Waals surface area contributed by atoms with Gasteiger partial charge in [-0.05, 0) is 60.3 Å². The molecule has 0 aliphatic heterocycles. The third-order valence-corrected chi connectivity index (χ3v) is 8.80. The zero-order valence-electron chi connectivity index (χ0n) is 20.1. The Morgan fingerprint density at radius 1 is 1.16 bits per heavy atom. The summed E-state index contributed by atoms with van der Waals surface area (Å²) < 4.78 is 30.9. The van der Waals surface area contributed by atoms with E-state index >= 15 is 8.78 Å². The number of hydrogen-bond donors (Lipinski definition) is 2. The summed E-state index contributed by atoms with van der Waals surface area (Å²) in [6.07, 6.45) is 9.89. The highest BCUT2D eigenvalue weighted by atomic mass is 19.3. The lowest BCUT2D eigenvalue weighted by Crippen LogP contribution is -2.42. The Hall–Kier alpha value is -0.740. The first-order chi connectivity index (χ1) is 14.4. The molecule has 0 aromatic rings. The minimum atomic E-state index is -2.59. The molecule has 0 amide bonds. The summed E-state index contributed by atoms with van der Waals surface area (Å²) in [6.45, 7) is 12.7. The van der Waals surface area contributed by atoms with Crippen molar-refractivity contribution >= 4 is 0 Å². The standard InChI is InChI=1S/C27H44F2O2/c1-18(2)8-6-9-20(4)24-25(5)14-7-10-21(23(25)17-27(24,28)29)11-12-22-16-26(30,31)15-13-19(22)3/h12,18,20-21,23-24,30-31H,3,6-11,13-17H2,1-2,4-5H3/b22-12-/t20-,21?,23+,24-,25-/m1/s1. The van der Waals surface area contributed by atoms with Crippen LogP contribution in [0.4, 0.5) is 8.78 Å². The predicted octanol–water partition coefficient (Wildman–Crippen LogP) is 7.26. The van der Waals surface area contributed by atoms with Crippen molar-refractivity contribution in [3.63, 3.8) is 0 Å². The Balaban J connectivity index is 1.74. The summed E-state index contributed by atoms with van der Waals surface area (Å²) in [5.41, 5.74) is 1.57. The Kier molecular flexibility index (Phi) is 7.43. The average molecular weight is 439 g/mol. The highest BCUT2D eigenvalue weighted by Gasteiger charge is 2.64. The third-order valence-electron chi connectivity index (χ3n) is 8.80. The van der Waals surface area contributed by atoms with Gasteiger partial charge in [-0.15, -0.1) is 0 Å². The van der Waals surface area contributed by atoms with Crippen LogP contribution in [0.25, 0.3) is 0 Å². The first-order valence-corrected chi connectivity index (χ1v) is 12.6. The lowest BCUT2D eigenvalue weighted by atomic mass is 9.58. The Labute approximate surface area is 188 Å². The molecule has 3 saturated carbocycles. The molecule has 0 heterocycles. The van der Waals surface area contributed by atoms with Gasteiger partial charge in [-0.2, -0.15) is 0 Å². The van der Waals surface area contributed by atoms with E-state index in [1.54, 1.807) is 0 Å². The van der Waals surface area contributed by atoms with Crippen molar-refractivity contribution < 1.29 is 19.0 Å². The monoisotopic (exact) mass is 438 g/mol. The molecule has 0 aromatic heterocycles. The van der Waals surface area contributed by atoms with E-state index in [2.05, 4.69) is 40.3 Å². The van der Waals surface area contributed by atoms with Crippen LogP contribution in [0.2, 0.25) is 0 Å². The molecule has 0 spiro atoms.